The van der Waals surface area contributed by atoms with E-state index in [1.54, 1.807) is 13.2 Å². The highest BCUT2D eigenvalue weighted by Crippen LogP contribution is 2.35. The van der Waals surface area contributed by atoms with Gasteiger partial charge in [-0.3, -0.25) is 0 Å². The fourth-order valence-electron chi connectivity index (χ4n) is 3.37. The van der Waals surface area contributed by atoms with Gasteiger partial charge < -0.3 is 14.9 Å². The normalized spacial score (nSPS) is 31.7. The summed E-state index contributed by atoms with van der Waals surface area (Å²) in [5, 5.41) is 8.78. The van der Waals surface area contributed by atoms with Gasteiger partial charge in [0.1, 0.15) is 6.10 Å². The van der Waals surface area contributed by atoms with Gasteiger partial charge in [-0.25, -0.2) is 0 Å². The Balaban J connectivity index is 1.82. The summed E-state index contributed by atoms with van der Waals surface area (Å²) in [5.74, 6) is 0.409. The minimum absolute atomic E-state index is 0.0113. The largest absolute Gasteiger partial charge is 0.391 e. The van der Waals surface area contributed by atoms with Gasteiger partial charge in [-0.15, -0.1) is 0 Å². The Morgan fingerprint density at radius 2 is 2.18 bits per heavy atom. The topological polar surface area (TPSA) is 42.8 Å². The number of hydrogen-bond acceptors (Lipinski definition) is 4. The molecule has 3 rings (SSSR count). The van der Waals surface area contributed by atoms with Crippen LogP contribution in [0.4, 0.5) is 0 Å². The van der Waals surface area contributed by atoms with Crippen LogP contribution in [0.5, 0.6) is 0 Å². The van der Waals surface area contributed by atoms with Crippen molar-refractivity contribution in [3.05, 3.63) is 33.8 Å². The highest BCUT2D eigenvalue weighted by molar-refractivity contribution is 6.44. The number of ether oxygens (including phenoxy) is 1. The van der Waals surface area contributed by atoms with Crippen LogP contribution in [0.25, 0.3) is 0 Å². The average molecular weight is 343 g/mol. The van der Waals surface area contributed by atoms with E-state index in [4.69, 9.17) is 32.8 Å². The lowest BCUT2D eigenvalue weighted by atomic mass is 9.82. The summed E-state index contributed by atoms with van der Waals surface area (Å²) >= 11 is 12.4. The van der Waals surface area contributed by atoms with Gasteiger partial charge in [-0.2, -0.15) is 0 Å². The van der Waals surface area contributed by atoms with Crippen molar-refractivity contribution < 1.29 is 9.57 Å². The summed E-state index contributed by atoms with van der Waals surface area (Å²) in [7, 11) is 1.76. The molecular weight excluding hydrogens is 323 g/mol. The summed E-state index contributed by atoms with van der Waals surface area (Å²) in [6.45, 7) is 3.97. The molecule has 0 bridgehead atoms. The van der Waals surface area contributed by atoms with E-state index in [1.165, 1.54) is 0 Å². The van der Waals surface area contributed by atoms with Crippen molar-refractivity contribution >= 4 is 28.9 Å². The minimum atomic E-state index is -0.0113. The van der Waals surface area contributed by atoms with E-state index in [1.807, 2.05) is 12.1 Å². The SMILES string of the molecule is COC1CCNCC1C1ON=C(c2cccc(Cl)c2Cl)C1C. The number of nitrogens with one attached hydrogen (secondary N) is 1. The number of hydrogen-bond donors (Lipinski definition) is 1. The first kappa shape index (κ1) is 16.1. The standard InChI is InChI=1S/C16H20Cl2N2O2/c1-9-15(10-4-3-5-12(17)14(10)18)20-22-16(9)11-8-19-7-6-13(11)21-2/h3-5,9,11,13,16,19H,6-8H2,1-2H3. The molecule has 2 aliphatic rings. The lowest BCUT2D eigenvalue weighted by molar-refractivity contribution is -0.0598. The average Bonchev–Trinajstić information content (AvgIpc) is 2.91. The molecule has 0 aromatic heterocycles. The van der Waals surface area contributed by atoms with Crippen molar-refractivity contribution in [3.8, 4) is 0 Å². The molecule has 4 atom stereocenters. The maximum atomic E-state index is 6.32. The van der Waals surface area contributed by atoms with Gasteiger partial charge in [0.2, 0.25) is 0 Å². The van der Waals surface area contributed by atoms with E-state index in [0.717, 1.165) is 30.8 Å². The quantitative estimate of drug-likeness (QED) is 0.915. The molecule has 2 heterocycles. The molecule has 0 saturated carbocycles. The molecule has 0 aliphatic carbocycles. The maximum absolute atomic E-state index is 6.32. The van der Waals surface area contributed by atoms with E-state index in [0.29, 0.717) is 10.0 Å². The summed E-state index contributed by atoms with van der Waals surface area (Å²) in [5.41, 5.74) is 1.71. The van der Waals surface area contributed by atoms with Gasteiger partial charge in [-0.05, 0) is 19.0 Å². The lowest BCUT2D eigenvalue weighted by Crippen LogP contribution is -2.48. The van der Waals surface area contributed by atoms with Gasteiger partial charge in [0.15, 0.2) is 0 Å². The summed E-state index contributed by atoms with van der Waals surface area (Å²) in [6, 6.07) is 5.59. The Kier molecular flexibility index (Phi) is 4.93. The molecule has 1 saturated heterocycles. The van der Waals surface area contributed by atoms with E-state index < -0.39 is 0 Å². The Morgan fingerprint density at radius 3 is 2.95 bits per heavy atom. The van der Waals surface area contributed by atoms with Crippen LogP contribution in [0.2, 0.25) is 10.0 Å². The molecule has 0 amide bonds. The van der Waals surface area contributed by atoms with Crippen molar-refractivity contribution in [2.24, 2.45) is 17.0 Å². The molecule has 0 spiro atoms. The second-order valence-electron chi connectivity index (χ2n) is 5.87. The maximum Gasteiger partial charge on any atom is 0.142 e. The van der Waals surface area contributed by atoms with Gasteiger partial charge in [0.25, 0.3) is 0 Å². The Hall–Kier alpha value is -0.810. The molecule has 4 nitrogen and oxygen atoms in total. The number of rotatable bonds is 3. The zero-order valence-corrected chi connectivity index (χ0v) is 14.2. The third-order valence-corrected chi connectivity index (χ3v) is 5.43. The van der Waals surface area contributed by atoms with Gasteiger partial charge >= 0.3 is 0 Å². The van der Waals surface area contributed by atoms with E-state index in [2.05, 4.69) is 17.4 Å². The molecule has 1 aromatic rings. The molecule has 6 heteroatoms. The van der Waals surface area contributed by atoms with Gasteiger partial charge in [0, 0.05) is 31.1 Å². The Labute approximate surface area is 140 Å². The van der Waals surface area contributed by atoms with Crippen LogP contribution in [-0.4, -0.2) is 38.1 Å². The minimum Gasteiger partial charge on any atom is -0.391 e. The van der Waals surface area contributed by atoms with Crippen LogP contribution in [0.15, 0.2) is 23.4 Å². The first-order valence-corrected chi connectivity index (χ1v) is 8.30. The number of oxime groups is 1. The predicted molar refractivity (Wildman–Crippen MR) is 88.8 cm³/mol. The van der Waals surface area contributed by atoms with Gasteiger partial charge in [0.05, 0.1) is 21.9 Å². The van der Waals surface area contributed by atoms with Crippen molar-refractivity contribution in [2.75, 3.05) is 20.2 Å². The Morgan fingerprint density at radius 1 is 1.36 bits per heavy atom. The molecule has 120 valence electrons. The number of halogens is 2. The number of methoxy groups -OCH3 is 1. The molecule has 1 aromatic carbocycles. The summed E-state index contributed by atoms with van der Waals surface area (Å²) in [6.07, 6.45) is 1.17. The molecule has 2 aliphatic heterocycles. The van der Waals surface area contributed by atoms with Crippen LogP contribution < -0.4 is 5.32 Å². The Bertz CT molecular complexity index is 579. The molecule has 22 heavy (non-hydrogen) atoms. The first-order valence-electron chi connectivity index (χ1n) is 7.55. The van der Waals surface area contributed by atoms with Crippen LogP contribution in [0.3, 0.4) is 0 Å². The van der Waals surface area contributed by atoms with Crippen molar-refractivity contribution in [1.29, 1.82) is 0 Å². The second kappa shape index (κ2) is 6.75. The second-order valence-corrected chi connectivity index (χ2v) is 6.65. The van der Waals surface area contributed by atoms with Crippen LogP contribution in [0.1, 0.15) is 18.9 Å². The van der Waals surface area contributed by atoms with Crippen molar-refractivity contribution in [3.63, 3.8) is 0 Å². The third-order valence-electron chi connectivity index (χ3n) is 4.61. The van der Waals surface area contributed by atoms with Crippen LogP contribution >= 0.6 is 23.2 Å². The highest BCUT2D eigenvalue weighted by atomic mass is 35.5. The number of nitrogens with zero attached hydrogens (tertiary/aromatic N) is 1. The zero-order valence-electron chi connectivity index (χ0n) is 12.7. The summed E-state index contributed by atoms with van der Waals surface area (Å²) in [4.78, 5) is 5.76. The van der Waals surface area contributed by atoms with Crippen LogP contribution in [-0.2, 0) is 9.57 Å². The van der Waals surface area contributed by atoms with Crippen molar-refractivity contribution in [2.45, 2.75) is 25.6 Å². The van der Waals surface area contributed by atoms with Crippen molar-refractivity contribution in [1.82, 2.24) is 5.32 Å². The molecular formula is C16H20Cl2N2O2. The molecule has 4 unspecified atom stereocenters. The summed E-state index contributed by atoms with van der Waals surface area (Å²) < 4.78 is 5.63. The fraction of sp³-hybridized carbons (Fsp3) is 0.562. The van der Waals surface area contributed by atoms with E-state index in [-0.39, 0.29) is 24.0 Å². The molecule has 1 fully saturated rings. The van der Waals surface area contributed by atoms with E-state index >= 15 is 0 Å². The number of benzene rings is 1. The number of piperidine rings is 1. The molecule has 1 N–H and O–H groups in total. The van der Waals surface area contributed by atoms with Crippen LogP contribution in [0, 0.1) is 11.8 Å². The molecule has 0 radical (unpaired) electrons. The van der Waals surface area contributed by atoms with Gasteiger partial charge in [-0.1, -0.05) is 47.4 Å². The lowest BCUT2D eigenvalue weighted by Gasteiger charge is -2.35. The predicted octanol–water partition coefficient (Wildman–Crippen LogP) is 3.36. The third kappa shape index (κ3) is 2.85. The van der Waals surface area contributed by atoms with E-state index in [9.17, 15) is 0 Å². The first-order chi connectivity index (χ1) is 10.6. The monoisotopic (exact) mass is 342 g/mol. The fourth-order valence-corrected chi connectivity index (χ4v) is 3.77. The zero-order chi connectivity index (χ0) is 15.7. The smallest absolute Gasteiger partial charge is 0.142 e. The highest BCUT2D eigenvalue weighted by Gasteiger charge is 2.42.